The van der Waals surface area contributed by atoms with Crippen LogP contribution in [0, 0.1) is 12.3 Å². The molecule has 0 amide bonds. The van der Waals surface area contributed by atoms with E-state index in [0.29, 0.717) is 16.6 Å². The van der Waals surface area contributed by atoms with Gasteiger partial charge >= 0.3 is 6.18 Å². The Morgan fingerprint density at radius 2 is 2.12 bits per heavy atom. The molecule has 0 radical (unpaired) electrons. The molecule has 17 heavy (non-hydrogen) atoms. The number of anilines is 1. The van der Waals surface area contributed by atoms with Crippen LogP contribution in [0.4, 0.5) is 18.9 Å². The molecule has 0 fully saturated rings. The first-order valence-corrected chi connectivity index (χ1v) is 5.77. The minimum absolute atomic E-state index is 0.283. The van der Waals surface area contributed by atoms with Crippen LogP contribution in [-0.2, 0) is 6.18 Å². The van der Waals surface area contributed by atoms with Gasteiger partial charge < -0.3 is 5.32 Å². The van der Waals surface area contributed by atoms with Crippen LogP contribution >= 0.6 is 15.9 Å². The molecule has 0 spiro atoms. The first-order chi connectivity index (χ1) is 7.88. The quantitative estimate of drug-likeness (QED) is 0.821. The second-order valence-corrected chi connectivity index (χ2v) is 4.32. The Kier molecular flexibility index (Phi) is 4.47. The Morgan fingerprint density at radius 1 is 1.47 bits per heavy atom. The first-order valence-electron chi connectivity index (χ1n) is 4.98. The molecule has 1 atom stereocenters. The molecule has 0 saturated carbocycles. The standard InChI is InChI=1S/C12H11BrF3N/c1-3-9(4-2)17-11-7-8(12(14,15)16)5-6-10(11)13/h1,5-7,9,17H,4H2,2H3. The third-order valence-electron chi connectivity index (χ3n) is 2.23. The predicted molar refractivity (Wildman–Crippen MR) is 65.7 cm³/mol. The number of rotatable bonds is 3. The summed E-state index contributed by atoms with van der Waals surface area (Å²) in [7, 11) is 0. The smallest absolute Gasteiger partial charge is 0.371 e. The fourth-order valence-corrected chi connectivity index (χ4v) is 1.62. The molecule has 1 nitrogen and oxygen atoms in total. The van der Waals surface area contributed by atoms with Crippen LogP contribution in [0.15, 0.2) is 22.7 Å². The normalized spacial score (nSPS) is 12.9. The molecule has 0 aromatic heterocycles. The molecular formula is C12H11BrF3N. The van der Waals surface area contributed by atoms with E-state index in [0.717, 1.165) is 12.1 Å². The maximum atomic E-state index is 12.5. The van der Waals surface area contributed by atoms with E-state index in [1.54, 1.807) is 0 Å². The van der Waals surface area contributed by atoms with E-state index >= 15 is 0 Å². The van der Waals surface area contributed by atoms with Gasteiger partial charge in [0, 0.05) is 10.2 Å². The number of nitrogens with one attached hydrogen (secondary N) is 1. The molecule has 1 unspecified atom stereocenters. The largest absolute Gasteiger partial charge is 0.416 e. The molecule has 1 N–H and O–H groups in total. The minimum atomic E-state index is -4.35. The highest BCUT2D eigenvalue weighted by Crippen LogP contribution is 2.34. The molecule has 0 saturated heterocycles. The lowest BCUT2D eigenvalue weighted by molar-refractivity contribution is -0.137. The van der Waals surface area contributed by atoms with Crippen molar-refractivity contribution < 1.29 is 13.2 Å². The topological polar surface area (TPSA) is 12.0 Å². The summed E-state index contributed by atoms with van der Waals surface area (Å²) in [5.41, 5.74) is -0.348. The average Bonchev–Trinajstić information content (AvgIpc) is 2.26. The summed E-state index contributed by atoms with van der Waals surface area (Å²) >= 11 is 3.19. The van der Waals surface area contributed by atoms with Crippen molar-refractivity contribution in [2.45, 2.75) is 25.6 Å². The van der Waals surface area contributed by atoms with Crippen molar-refractivity contribution in [3.63, 3.8) is 0 Å². The maximum Gasteiger partial charge on any atom is 0.416 e. The number of alkyl halides is 3. The third kappa shape index (κ3) is 3.67. The maximum absolute atomic E-state index is 12.5. The molecule has 5 heteroatoms. The van der Waals surface area contributed by atoms with Crippen LogP contribution in [-0.4, -0.2) is 6.04 Å². The van der Waals surface area contributed by atoms with E-state index in [-0.39, 0.29) is 6.04 Å². The summed E-state index contributed by atoms with van der Waals surface area (Å²) in [4.78, 5) is 0. The molecule has 0 aliphatic carbocycles. The van der Waals surface area contributed by atoms with Crippen molar-refractivity contribution in [2.75, 3.05) is 5.32 Å². The third-order valence-corrected chi connectivity index (χ3v) is 2.92. The van der Waals surface area contributed by atoms with Gasteiger partial charge in [-0.1, -0.05) is 12.8 Å². The molecule has 1 rings (SSSR count). The number of hydrogen-bond donors (Lipinski definition) is 1. The van der Waals surface area contributed by atoms with Gasteiger partial charge in [-0.25, -0.2) is 0 Å². The zero-order valence-electron chi connectivity index (χ0n) is 9.11. The van der Waals surface area contributed by atoms with Crippen molar-refractivity contribution in [3.8, 4) is 12.3 Å². The molecule has 0 bridgehead atoms. The highest BCUT2D eigenvalue weighted by molar-refractivity contribution is 9.10. The van der Waals surface area contributed by atoms with Gasteiger partial charge in [-0.3, -0.25) is 0 Å². The lowest BCUT2D eigenvalue weighted by Crippen LogP contribution is -2.16. The molecule has 92 valence electrons. The van der Waals surface area contributed by atoms with Gasteiger partial charge in [-0.15, -0.1) is 6.42 Å². The first kappa shape index (κ1) is 13.9. The average molecular weight is 306 g/mol. The highest BCUT2D eigenvalue weighted by atomic mass is 79.9. The summed E-state index contributed by atoms with van der Waals surface area (Å²) < 4.78 is 38.1. The van der Waals surface area contributed by atoms with E-state index in [2.05, 4.69) is 27.2 Å². The van der Waals surface area contributed by atoms with Crippen LogP contribution in [0.3, 0.4) is 0 Å². The Hall–Kier alpha value is -1.15. The van der Waals surface area contributed by atoms with Gasteiger partial charge in [0.25, 0.3) is 0 Å². The van der Waals surface area contributed by atoms with Gasteiger partial charge in [-0.2, -0.15) is 13.2 Å². The zero-order chi connectivity index (χ0) is 13.1. The van der Waals surface area contributed by atoms with Crippen LogP contribution < -0.4 is 5.32 Å². The number of terminal acetylenes is 1. The van der Waals surface area contributed by atoms with Crippen molar-refractivity contribution in [3.05, 3.63) is 28.2 Å². The van der Waals surface area contributed by atoms with Gasteiger partial charge in [0.2, 0.25) is 0 Å². The van der Waals surface area contributed by atoms with Crippen molar-refractivity contribution in [1.82, 2.24) is 0 Å². The SMILES string of the molecule is C#CC(CC)Nc1cc(C(F)(F)F)ccc1Br. The van der Waals surface area contributed by atoms with Crippen LogP contribution in [0.25, 0.3) is 0 Å². The Labute approximate surface area is 107 Å². The van der Waals surface area contributed by atoms with Crippen molar-refractivity contribution >= 4 is 21.6 Å². The monoisotopic (exact) mass is 305 g/mol. The number of benzene rings is 1. The van der Waals surface area contributed by atoms with Gasteiger partial charge in [0.05, 0.1) is 11.6 Å². The molecule has 0 aliphatic heterocycles. The van der Waals surface area contributed by atoms with Crippen molar-refractivity contribution in [1.29, 1.82) is 0 Å². The highest BCUT2D eigenvalue weighted by Gasteiger charge is 2.31. The minimum Gasteiger partial charge on any atom is -0.371 e. The summed E-state index contributed by atoms with van der Waals surface area (Å²) in [6.07, 6.45) is 1.54. The molecule has 0 heterocycles. The Balaban J connectivity index is 3.04. The fourth-order valence-electron chi connectivity index (χ4n) is 1.26. The summed E-state index contributed by atoms with van der Waals surface area (Å²) in [6.45, 7) is 1.86. The van der Waals surface area contributed by atoms with E-state index < -0.39 is 11.7 Å². The van der Waals surface area contributed by atoms with Gasteiger partial charge in [-0.05, 0) is 40.5 Å². The number of hydrogen-bond acceptors (Lipinski definition) is 1. The fraction of sp³-hybridized carbons (Fsp3) is 0.333. The lowest BCUT2D eigenvalue weighted by atomic mass is 10.1. The van der Waals surface area contributed by atoms with Gasteiger partial charge in [0.1, 0.15) is 0 Å². The van der Waals surface area contributed by atoms with Crippen LogP contribution in [0.5, 0.6) is 0 Å². The molecule has 1 aromatic rings. The molecule has 1 aromatic carbocycles. The van der Waals surface area contributed by atoms with Gasteiger partial charge in [0.15, 0.2) is 0 Å². The number of halogens is 4. The summed E-state index contributed by atoms with van der Waals surface area (Å²) in [6, 6.07) is 3.14. The second-order valence-electron chi connectivity index (χ2n) is 3.46. The zero-order valence-corrected chi connectivity index (χ0v) is 10.7. The molecule has 0 aliphatic rings. The Morgan fingerprint density at radius 3 is 2.59 bits per heavy atom. The summed E-state index contributed by atoms with van der Waals surface area (Å²) in [5, 5.41) is 2.88. The van der Waals surface area contributed by atoms with E-state index in [1.165, 1.54) is 6.07 Å². The van der Waals surface area contributed by atoms with E-state index in [1.807, 2.05) is 6.92 Å². The lowest BCUT2D eigenvalue weighted by Gasteiger charge is -2.16. The second kappa shape index (κ2) is 5.46. The van der Waals surface area contributed by atoms with Crippen LogP contribution in [0.1, 0.15) is 18.9 Å². The Bertz CT molecular complexity index is 434. The van der Waals surface area contributed by atoms with Crippen LogP contribution in [0.2, 0.25) is 0 Å². The van der Waals surface area contributed by atoms with Crippen molar-refractivity contribution in [2.24, 2.45) is 0 Å². The summed E-state index contributed by atoms with van der Waals surface area (Å²) in [5.74, 6) is 2.47. The van der Waals surface area contributed by atoms with E-state index in [9.17, 15) is 13.2 Å². The predicted octanol–water partition coefficient (Wildman–Crippen LogP) is 4.29. The molecular weight excluding hydrogens is 295 g/mol. The van der Waals surface area contributed by atoms with E-state index in [4.69, 9.17) is 6.42 Å².